The summed E-state index contributed by atoms with van der Waals surface area (Å²) in [4.78, 5) is 22.7. The molecule has 0 radical (unpaired) electrons. The van der Waals surface area contributed by atoms with Crippen molar-refractivity contribution in [1.82, 2.24) is 14.9 Å². The van der Waals surface area contributed by atoms with E-state index in [-0.39, 0.29) is 11.7 Å². The van der Waals surface area contributed by atoms with Crippen LogP contribution >= 0.6 is 0 Å². The lowest BCUT2D eigenvalue weighted by Gasteiger charge is -2.26. The number of aromatic nitrogens is 2. The highest BCUT2D eigenvalue weighted by Gasteiger charge is 2.20. The van der Waals surface area contributed by atoms with E-state index in [0.29, 0.717) is 49.3 Å². The van der Waals surface area contributed by atoms with Crippen LogP contribution in [0.2, 0.25) is 0 Å². The topological polar surface area (TPSA) is 67.4 Å². The van der Waals surface area contributed by atoms with Crippen molar-refractivity contribution in [3.8, 4) is 0 Å². The predicted octanol–water partition coefficient (Wildman–Crippen LogP) is 2.14. The first-order valence-electron chi connectivity index (χ1n) is 7.37. The van der Waals surface area contributed by atoms with Crippen LogP contribution in [-0.2, 0) is 4.74 Å². The van der Waals surface area contributed by atoms with E-state index in [4.69, 9.17) is 4.74 Å². The van der Waals surface area contributed by atoms with Gasteiger partial charge >= 0.3 is 0 Å². The molecule has 0 saturated carbocycles. The van der Waals surface area contributed by atoms with Crippen molar-refractivity contribution in [3.05, 3.63) is 47.7 Å². The van der Waals surface area contributed by atoms with Gasteiger partial charge < -0.3 is 15.0 Å². The molecule has 0 bridgehead atoms. The molecule has 0 unspecified atom stereocenters. The number of hydrogen-bond donors (Lipinski definition) is 1. The second kappa shape index (κ2) is 6.70. The first-order chi connectivity index (χ1) is 11.1. The Balaban J connectivity index is 1.80. The number of nitrogens with zero attached hydrogens (tertiary/aromatic N) is 3. The van der Waals surface area contributed by atoms with Gasteiger partial charge in [-0.25, -0.2) is 14.4 Å². The summed E-state index contributed by atoms with van der Waals surface area (Å²) in [5.74, 6) is 0.549. The summed E-state index contributed by atoms with van der Waals surface area (Å²) < 4.78 is 18.2. The van der Waals surface area contributed by atoms with Crippen LogP contribution in [0, 0.1) is 12.7 Å². The number of ether oxygens (including phenoxy) is 1. The normalized spacial score (nSPS) is 14.6. The summed E-state index contributed by atoms with van der Waals surface area (Å²) in [6, 6.07) is 7.53. The summed E-state index contributed by atoms with van der Waals surface area (Å²) >= 11 is 0. The third kappa shape index (κ3) is 3.81. The van der Waals surface area contributed by atoms with Crippen LogP contribution in [0.15, 0.2) is 30.3 Å². The molecule has 1 amide bonds. The SMILES string of the molecule is Cc1nc(Nc2ccc(F)cc2)cc(C(=O)N2CCOCC2)n1. The first kappa shape index (κ1) is 15.4. The van der Waals surface area contributed by atoms with Crippen LogP contribution in [0.1, 0.15) is 16.3 Å². The molecule has 3 rings (SSSR count). The van der Waals surface area contributed by atoms with E-state index < -0.39 is 0 Å². The fourth-order valence-electron chi connectivity index (χ4n) is 2.35. The zero-order valence-electron chi connectivity index (χ0n) is 12.8. The zero-order valence-corrected chi connectivity index (χ0v) is 12.8. The minimum Gasteiger partial charge on any atom is -0.378 e. The van der Waals surface area contributed by atoms with Crippen LogP contribution in [0.5, 0.6) is 0 Å². The van der Waals surface area contributed by atoms with Gasteiger partial charge in [0.05, 0.1) is 13.2 Å². The Kier molecular flexibility index (Phi) is 4.47. The van der Waals surface area contributed by atoms with E-state index in [1.807, 2.05) is 0 Å². The molecule has 1 aromatic heterocycles. The molecule has 2 aromatic rings. The number of carbonyl (C=O) groups excluding carboxylic acids is 1. The third-order valence-corrected chi connectivity index (χ3v) is 3.47. The number of carbonyl (C=O) groups is 1. The quantitative estimate of drug-likeness (QED) is 0.939. The standard InChI is InChI=1S/C16H17FN4O2/c1-11-18-14(16(22)21-6-8-23-9-7-21)10-15(19-11)20-13-4-2-12(17)3-5-13/h2-5,10H,6-9H2,1H3,(H,18,19,20). The average Bonchev–Trinajstić information content (AvgIpc) is 2.56. The molecule has 0 spiro atoms. The number of nitrogens with one attached hydrogen (secondary N) is 1. The molecule has 1 aromatic carbocycles. The highest BCUT2D eigenvalue weighted by atomic mass is 19.1. The largest absolute Gasteiger partial charge is 0.378 e. The lowest BCUT2D eigenvalue weighted by atomic mass is 10.3. The summed E-state index contributed by atoms with van der Waals surface area (Å²) in [5, 5.41) is 3.06. The van der Waals surface area contributed by atoms with Gasteiger partial charge in [0, 0.05) is 24.8 Å². The Hall–Kier alpha value is -2.54. The van der Waals surface area contributed by atoms with E-state index in [1.54, 1.807) is 30.0 Å². The number of amides is 1. The van der Waals surface area contributed by atoms with Crippen molar-refractivity contribution in [1.29, 1.82) is 0 Å². The van der Waals surface area contributed by atoms with Crippen LogP contribution in [0.3, 0.4) is 0 Å². The summed E-state index contributed by atoms with van der Waals surface area (Å²) in [7, 11) is 0. The van der Waals surface area contributed by atoms with Gasteiger partial charge in [-0.1, -0.05) is 0 Å². The molecule has 6 nitrogen and oxygen atoms in total. The maximum atomic E-state index is 13.0. The Labute approximate surface area is 133 Å². The van der Waals surface area contributed by atoms with Crippen molar-refractivity contribution in [2.75, 3.05) is 31.6 Å². The summed E-state index contributed by atoms with van der Waals surface area (Å²) in [5.41, 5.74) is 1.03. The monoisotopic (exact) mass is 316 g/mol. The summed E-state index contributed by atoms with van der Waals surface area (Å²) in [6.45, 7) is 3.92. The smallest absolute Gasteiger partial charge is 0.272 e. The van der Waals surface area contributed by atoms with E-state index in [2.05, 4.69) is 15.3 Å². The van der Waals surface area contributed by atoms with Crippen LogP contribution in [0.25, 0.3) is 0 Å². The Morgan fingerprint density at radius 3 is 2.61 bits per heavy atom. The van der Waals surface area contributed by atoms with Crippen molar-refractivity contribution < 1.29 is 13.9 Å². The van der Waals surface area contributed by atoms with Gasteiger partial charge in [-0.2, -0.15) is 0 Å². The Bertz CT molecular complexity index is 700. The lowest BCUT2D eigenvalue weighted by Crippen LogP contribution is -2.41. The predicted molar refractivity (Wildman–Crippen MR) is 83.2 cm³/mol. The fraction of sp³-hybridized carbons (Fsp3) is 0.312. The van der Waals surface area contributed by atoms with Crippen molar-refractivity contribution in [2.45, 2.75) is 6.92 Å². The second-order valence-electron chi connectivity index (χ2n) is 5.22. The molecule has 1 N–H and O–H groups in total. The van der Waals surface area contributed by atoms with E-state index in [1.165, 1.54) is 12.1 Å². The highest BCUT2D eigenvalue weighted by Crippen LogP contribution is 2.17. The molecule has 23 heavy (non-hydrogen) atoms. The van der Waals surface area contributed by atoms with Gasteiger partial charge in [-0.3, -0.25) is 4.79 Å². The third-order valence-electron chi connectivity index (χ3n) is 3.47. The van der Waals surface area contributed by atoms with E-state index >= 15 is 0 Å². The molecule has 1 fully saturated rings. The number of aryl methyl sites for hydroxylation is 1. The van der Waals surface area contributed by atoms with Gasteiger partial charge in [0.2, 0.25) is 0 Å². The maximum absolute atomic E-state index is 13.0. The van der Waals surface area contributed by atoms with Gasteiger partial charge in [-0.15, -0.1) is 0 Å². The minimum atomic E-state index is -0.308. The number of morpholine rings is 1. The Morgan fingerprint density at radius 2 is 1.91 bits per heavy atom. The molecule has 7 heteroatoms. The first-order valence-corrected chi connectivity index (χ1v) is 7.37. The molecule has 120 valence electrons. The van der Waals surface area contributed by atoms with Crippen molar-refractivity contribution >= 4 is 17.4 Å². The molecule has 1 aliphatic rings. The van der Waals surface area contributed by atoms with Crippen molar-refractivity contribution in [2.24, 2.45) is 0 Å². The molecule has 0 atom stereocenters. The molecule has 0 aliphatic carbocycles. The van der Waals surface area contributed by atoms with Crippen molar-refractivity contribution in [3.63, 3.8) is 0 Å². The molecule has 1 saturated heterocycles. The fourth-order valence-corrected chi connectivity index (χ4v) is 2.35. The van der Waals surface area contributed by atoms with Crippen LogP contribution in [-0.4, -0.2) is 47.1 Å². The molecular formula is C16H17FN4O2. The van der Waals surface area contributed by atoms with Gasteiger partial charge in [0.25, 0.3) is 5.91 Å². The number of hydrogen-bond acceptors (Lipinski definition) is 5. The number of benzene rings is 1. The minimum absolute atomic E-state index is 0.138. The molecule has 2 heterocycles. The van der Waals surface area contributed by atoms with Crippen LogP contribution < -0.4 is 5.32 Å². The number of rotatable bonds is 3. The average molecular weight is 316 g/mol. The summed E-state index contributed by atoms with van der Waals surface area (Å²) in [6.07, 6.45) is 0. The lowest BCUT2D eigenvalue weighted by molar-refractivity contribution is 0.0299. The number of anilines is 2. The Morgan fingerprint density at radius 1 is 1.22 bits per heavy atom. The number of halogens is 1. The van der Waals surface area contributed by atoms with Crippen LogP contribution in [0.4, 0.5) is 15.9 Å². The van der Waals surface area contributed by atoms with Gasteiger partial charge in [0.15, 0.2) is 0 Å². The molecular weight excluding hydrogens is 299 g/mol. The zero-order chi connectivity index (χ0) is 16.2. The highest BCUT2D eigenvalue weighted by molar-refractivity contribution is 5.93. The van der Waals surface area contributed by atoms with Gasteiger partial charge in [0.1, 0.15) is 23.2 Å². The second-order valence-corrected chi connectivity index (χ2v) is 5.22. The van der Waals surface area contributed by atoms with E-state index in [9.17, 15) is 9.18 Å². The maximum Gasteiger partial charge on any atom is 0.272 e. The van der Waals surface area contributed by atoms with Gasteiger partial charge in [-0.05, 0) is 31.2 Å². The molecule has 1 aliphatic heterocycles. The van der Waals surface area contributed by atoms with E-state index in [0.717, 1.165) is 0 Å².